The molecule has 1 amide bonds. The lowest BCUT2D eigenvalue weighted by Crippen LogP contribution is -2.14. The Balaban J connectivity index is 1.54. The molecule has 0 spiro atoms. The number of aryl methyl sites for hydroxylation is 1. The molecule has 2 aromatic carbocycles. The van der Waals surface area contributed by atoms with E-state index in [2.05, 4.69) is 36.2 Å². The highest BCUT2D eigenvalue weighted by Gasteiger charge is 2.14. The van der Waals surface area contributed by atoms with Crippen LogP contribution in [0.1, 0.15) is 38.6 Å². The van der Waals surface area contributed by atoms with Crippen molar-refractivity contribution in [3.8, 4) is 11.4 Å². The van der Waals surface area contributed by atoms with E-state index in [1.165, 1.54) is 5.56 Å². The Bertz CT molecular complexity index is 862. The number of hydrogen-bond donors (Lipinski definition) is 1. The van der Waals surface area contributed by atoms with Crippen molar-refractivity contribution >= 4 is 11.6 Å². The van der Waals surface area contributed by atoms with Crippen LogP contribution in [0.3, 0.4) is 0 Å². The molecule has 0 saturated heterocycles. The van der Waals surface area contributed by atoms with Crippen LogP contribution in [0.2, 0.25) is 0 Å². The molecular formula is C21H23N3O2. The van der Waals surface area contributed by atoms with E-state index in [4.69, 9.17) is 4.52 Å². The van der Waals surface area contributed by atoms with E-state index < -0.39 is 0 Å². The molecule has 1 aromatic heterocycles. The van der Waals surface area contributed by atoms with Crippen LogP contribution in [0.15, 0.2) is 59.1 Å². The SMILES string of the molecule is CC(C)(C)c1ccc(NC(=O)CCc2nc(-c3ccccc3)no2)cc1. The fraction of sp³-hybridized carbons (Fsp3) is 0.286. The highest BCUT2D eigenvalue weighted by atomic mass is 16.5. The van der Waals surface area contributed by atoms with Gasteiger partial charge in [0.25, 0.3) is 0 Å². The molecule has 1 N–H and O–H groups in total. The van der Waals surface area contributed by atoms with Crippen LogP contribution in [0.5, 0.6) is 0 Å². The molecule has 5 nitrogen and oxygen atoms in total. The molecule has 0 aliphatic heterocycles. The lowest BCUT2D eigenvalue weighted by atomic mass is 9.87. The zero-order chi connectivity index (χ0) is 18.6. The summed E-state index contributed by atoms with van der Waals surface area (Å²) in [5, 5.41) is 6.86. The van der Waals surface area contributed by atoms with E-state index in [9.17, 15) is 4.79 Å². The van der Waals surface area contributed by atoms with Gasteiger partial charge in [0, 0.05) is 24.1 Å². The van der Waals surface area contributed by atoms with Gasteiger partial charge in [-0.1, -0.05) is 68.4 Å². The molecule has 134 valence electrons. The average molecular weight is 349 g/mol. The van der Waals surface area contributed by atoms with Crippen molar-refractivity contribution in [2.75, 3.05) is 5.32 Å². The summed E-state index contributed by atoms with van der Waals surface area (Å²) in [7, 11) is 0. The maximum Gasteiger partial charge on any atom is 0.227 e. The van der Waals surface area contributed by atoms with Crippen LogP contribution < -0.4 is 5.32 Å². The molecule has 5 heteroatoms. The number of benzene rings is 2. The summed E-state index contributed by atoms with van der Waals surface area (Å²) in [5.41, 5.74) is 3.01. The van der Waals surface area contributed by atoms with Crippen molar-refractivity contribution in [3.63, 3.8) is 0 Å². The maximum atomic E-state index is 12.1. The Morgan fingerprint density at radius 3 is 2.38 bits per heavy atom. The lowest BCUT2D eigenvalue weighted by molar-refractivity contribution is -0.116. The van der Waals surface area contributed by atoms with E-state index in [1.54, 1.807) is 0 Å². The normalized spacial score (nSPS) is 11.3. The first-order chi connectivity index (χ1) is 12.4. The molecule has 0 saturated carbocycles. The van der Waals surface area contributed by atoms with Gasteiger partial charge in [-0.05, 0) is 23.1 Å². The largest absolute Gasteiger partial charge is 0.339 e. The molecule has 0 aliphatic rings. The third-order valence-corrected chi connectivity index (χ3v) is 4.10. The van der Waals surface area contributed by atoms with Crippen LogP contribution in [0.4, 0.5) is 5.69 Å². The molecule has 0 radical (unpaired) electrons. The van der Waals surface area contributed by atoms with Gasteiger partial charge in [-0.2, -0.15) is 4.98 Å². The van der Waals surface area contributed by atoms with E-state index in [1.807, 2.05) is 54.6 Å². The van der Waals surface area contributed by atoms with Gasteiger partial charge in [-0.15, -0.1) is 0 Å². The van der Waals surface area contributed by atoms with E-state index in [-0.39, 0.29) is 17.7 Å². The maximum absolute atomic E-state index is 12.1. The summed E-state index contributed by atoms with van der Waals surface area (Å²) >= 11 is 0. The highest BCUT2D eigenvalue weighted by molar-refractivity contribution is 5.90. The van der Waals surface area contributed by atoms with E-state index in [0.717, 1.165) is 11.3 Å². The number of rotatable bonds is 5. The van der Waals surface area contributed by atoms with Crippen molar-refractivity contribution in [2.45, 2.75) is 39.0 Å². The summed E-state index contributed by atoms with van der Waals surface area (Å²) in [5.74, 6) is 0.925. The predicted molar refractivity (Wildman–Crippen MR) is 102 cm³/mol. The topological polar surface area (TPSA) is 68.0 Å². The second-order valence-electron chi connectivity index (χ2n) is 7.25. The third-order valence-electron chi connectivity index (χ3n) is 4.10. The molecule has 0 fully saturated rings. The Kier molecular flexibility index (Phi) is 5.16. The molecule has 0 unspecified atom stereocenters. The summed E-state index contributed by atoms with van der Waals surface area (Å²) in [6, 6.07) is 17.6. The van der Waals surface area contributed by atoms with Gasteiger partial charge in [-0.25, -0.2) is 0 Å². The summed E-state index contributed by atoms with van der Waals surface area (Å²) < 4.78 is 5.23. The van der Waals surface area contributed by atoms with Gasteiger partial charge in [0.1, 0.15) is 0 Å². The van der Waals surface area contributed by atoms with Crippen LogP contribution >= 0.6 is 0 Å². The van der Waals surface area contributed by atoms with Crippen LogP contribution in [0, 0.1) is 0 Å². The fourth-order valence-electron chi connectivity index (χ4n) is 2.56. The number of nitrogens with one attached hydrogen (secondary N) is 1. The van der Waals surface area contributed by atoms with Crippen molar-refractivity contribution in [1.29, 1.82) is 0 Å². The molecule has 0 atom stereocenters. The number of amides is 1. The monoisotopic (exact) mass is 349 g/mol. The molecule has 26 heavy (non-hydrogen) atoms. The van der Waals surface area contributed by atoms with Crippen molar-refractivity contribution in [2.24, 2.45) is 0 Å². The number of anilines is 1. The molecule has 0 bridgehead atoms. The van der Waals surface area contributed by atoms with E-state index >= 15 is 0 Å². The second-order valence-corrected chi connectivity index (χ2v) is 7.25. The highest BCUT2D eigenvalue weighted by Crippen LogP contribution is 2.23. The minimum Gasteiger partial charge on any atom is -0.339 e. The van der Waals surface area contributed by atoms with Gasteiger partial charge >= 0.3 is 0 Å². The van der Waals surface area contributed by atoms with Gasteiger partial charge in [-0.3, -0.25) is 4.79 Å². The Labute approximate surface area is 153 Å². The summed E-state index contributed by atoms with van der Waals surface area (Å²) in [4.78, 5) is 16.5. The molecule has 1 heterocycles. The first kappa shape index (κ1) is 17.9. The van der Waals surface area contributed by atoms with Gasteiger partial charge in [0.15, 0.2) is 0 Å². The minimum absolute atomic E-state index is 0.0760. The first-order valence-corrected chi connectivity index (χ1v) is 8.70. The Hall–Kier alpha value is -2.95. The fourth-order valence-corrected chi connectivity index (χ4v) is 2.56. The number of hydrogen-bond acceptors (Lipinski definition) is 4. The Morgan fingerprint density at radius 2 is 1.73 bits per heavy atom. The lowest BCUT2D eigenvalue weighted by Gasteiger charge is -2.19. The number of carbonyl (C=O) groups is 1. The van der Waals surface area contributed by atoms with Crippen molar-refractivity contribution in [1.82, 2.24) is 10.1 Å². The van der Waals surface area contributed by atoms with Crippen LogP contribution in [0.25, 0.3) is 11.4 Å². The summed E-state index contributed by atoms with van der Waals surface area (Å²) in [6.45, 7) is 6.48. The number of nitrogens with zero attached hydrogens (tertiary/aromatic N) is 2. The van der Waals surface area contributed by atoms with Gasteiger partial charge in [0.05, 0.1) is 0 Å². The second kappa shape index (κ2) is 7.52. The predicted octanol–water partition coefficient (Wildman–Crippen LogP) is 4.61. The van der Waals surface area contributed by atoms with Gasteiger partial charge < -0.3 is 9.84 Å². The van der Waals surface area contributed by atoms with E-state index in [0.29, 0.717) is 18.1 Å². The molecule has 0 aliphatic carbocycles. The standard InChI is InChI=1S/C21H23N3O2/c1-21(2,3)16-9-11-17(12-10-16)22-18(25)13-14-19-23-20(24-26-19)15-7-5-4-6-8-15/h4-12H,13-14H2,1-3H3,(H,22,25). The molecule has 3 aromatic rings. The quantitative estimate of drug-likeness (QED) is 0.730. The Morgan fingerprint density at radius 1 is 1.04 bits per heavy atom. The number of carbonyl (C=O) groups excluding carboxylic acids is 1. The molecular weight excluding hydrogens is 326 g/mol. The summed E-state index contributed by atoms with van der Waals surface area (Å²) in [6.07, 6.45) is 0.698. The zero-order valence-electron chi connectivity index (χ0n) is 15.3. The van der Waals surface area contributed by atoms with Crippen molar-refractivity contribution in [3.05, 3.63) is 66.1 Å². The number of aromatic nitrogens is 2. The first-order valence-electron chi connectivity index (χ1n) is 8.70. The zero-order valence-corrected chi connectivity index (χ0v) is 15.3. The minimum atomic E-state index is -0.0760. The molecule has 3 rings (SSSR count). The van der Waals surface area contributed by atoms with Crippen LogP contribution in [-0.2, 0) is 16.6 Å². The van der Waals surface area contributed by atoms with Gasteiger partial charge in [0.2, 0.25) is 17.6 Å². The smallest absolute Gasteiger partial charge is 0.227 e. The average Bonchev–Trinajstić information content (AvgIpc) is 3.09. The van der Waals surface area contributed by atoms with Crippen LogP contribution in [-0.4, -0.2) is 16.0 Å². The van der Waals surface area contributed by atoms with Crippen molar-refractivity contribution < 1.29 is 9.32 Å². The third kappa shape index (κ3) is 4.57.